The van der Waals surface area contributed by atoms with Crippen molar-refractivity contribution in [1.82, 2.24) is 15.3 Å². The molecular formula is C31H28FN5O3. The van der Waals surface area contributed by atoms with Crippen LogP contribution in [0.2, 0.25) is 0 Å². The first-order chi connectivity index (χ1) is 19.5. The largest absolute Gasteiger partial charge is 0.497 e. The summed E-state index contributed by atoms with van der Waals surface area (Å²) in [6.07, 6.45) is 3.34. The van der Waals surface area contributed by atoms with Crippen LogP contribution in [0.3, 0.4) is 0 Å². The van der Waals surface area contributed by atoms with Crippen molar-refractivity contribution < 1.29 is 18.7 Å². The Hall–Kier alpha value is -4.79. The molecule has 0 spiro atoms. The lowest BCUT2D eigenvalue weighted by molar-refractivity contribution is 0.0954. The van der Waals surface area contributed by atoms with Crippen LogP contribution in [-0.4, -0.2) is 41.8 Å². The molecule has 2 aliphatic rings. The summed E-state index contributed by atoms with van der Waals surface area (Å²) in [5, 5.41) is 3.00. The normalized spacial score (nSPS) is 15.4. The van der Waals surface area contributed by atoms with E-state index in [4.69, 9.17) is 20.2 Å². The zero-order chi connectivity index (χ0) is 27.6. The quantitative estimate of drug-likeness (QED) is 0.353. The first-order valence-electron chi connectivity index (χ1n) is 13.1. The van der Waals surface area contributed by atoms with Crippen LogP contribution in [0.1, 0.15) is 27.0 Å². The van der Waals surface area contributed by atoms with E-state index in [1.165, 1.54) is 6.07 Å². The van der Waals surface area contributed by atoms with Gasteiger partial charge in [-0.05, 0) is 72.5 Å². The van der Waals surface area contributed by atoms with E-state index < -0.39 is 0 Å². The predicted molar refractivity (Wildman–Crippen MR) is 151 cm³/mol. The first-order valence-corrected chi connectivity index (χ1v) is 13.1. The highest BCUT2D eigenvalue weighted by Crippen LogP contribution is 2.37. The minimum absolute atomic E-state index is 0.0224. The van der Waals surface area contributed by atoms with Gasteiger partial charge in [-0.3, -0.25) is 9.79 Å². The van der Waals surface area contributed by atoms with Gasteiger partial charge in [-0.15, -0.1) is 0 Å². The maximum atomic E-state index is 15.1. The minimum Gasteiger partial charge on any atom is -0.497 e. The van der Waals surface area contributed by atoms with E-state index in [-0.39, 0.29) is 23.6 Å². The van der Waals surface area contributed by atoms with Gasteiger partial charge < -0.3 is 20.5 Å². The van der Waals surface area contributed by atoms with Gasteiger partial charge in [0.25, 0.3) is 5.91 Å². The average Bonchev–Trinajstić information content (AvgIpc) is 3.42. The molecule has 0 fully saturated rings. The lowest BCUT2D eigenvalue weighted by Gasteiger charge is -2.26. The molecule has 4 aromatic rings. The molecule has 3 N–H and O–H groups in total. The van der Waals surface area contributed by atoms with Gasteiger partial charge in [0.05, 0.1) is 25.1 Å². The number of fused-ring (bicyclic) bond motifs is 2. The number of hydrogen-bond donors (Lipinski definition) is 2. The topological polar surface area (TPSA) is 112 Å². The number of methoxy groups -OCH3 is 1. The number of aliphatic imine (C=N–C) groups is 1. The van der Waals surface area contributed by atoms with Crippen LogP contribution in [-0.2, 0) is 19.3 Å². The van der Waals surface area contributed by atoms with Crippen molar-refractivity contribution >= 4 is 23.3 Å². The van der Waals surface area contributed by atoms with E-state index in [0.29, 0.717) is 54.1 Å². The van der Waals surface area contributed by atoms with Gasteiger partial charge in [0.2, 0.25) is 5.95 Å². The van der Waals surface area contributed by atoms with E-state index >= 15 is 4.39 Å². The molecular weight excluding hydrogens is 509 g/mol. The third kappa shape index (κ3) is 5.22. The molecule has 0 saturated heterocycles. The maximum Gasteiger partial charge on any atom is 0.251 e. The fraction of sp³-hybridized carbons (Fsp3) is 0.226. The number of rotatable bonds is 7. The molecule has 0 bridgehead atoms. The van der Waals surface area contributed by atoms with E-state index in [2.05, 4.69) is 15.3 Å². The highest BCUT2D eigenvalue weighted by molar-refractivity contribution is 5.97. The number of carbonyl (C=O) groups is 1. The number of aromatic nitrogens is 2. The molecule has 1 amide bonds. The van der Waals surface area contributed by atoms with Crippen molar-refractivity contribution in [3.8, 4) is 22.8 Å². The molecule has 0 radical (unpaired) electrons. The third-order valence-corrected chi connectivity index (χ3v) is 7.32. The van der Waals surface area contributed by atoms with Crippen LogP contribution < -0.4 is 20.5 Å². The van der Waals surface area contributed by atoms with Gasteiger partial charge in [-0.25, -0.2) is 14.4 Å². The predicted octanol–water partition coefficient (Wildman–Crippen LogP) is 4.73. The van der Waals surface area contributed by atoms with Crippen LogP contribution in [0.4, 0.5) is 16.0 Å². The Balaban J connectivity index is 1.13. The molecule has 3 heterocycles. The standard InChI is InChI=1S/C31H28FN5O3/c1-39-23-5-2-18(3-6-23)8-10-34-30(38)19-4-7-29-21(12-19)13-22(17-40-29)27-16-24-25(32)14-20(15-28(24)36-27)26-9-11-35-31(33)37-26/h2-7,9,11-12,14-15,22H,8,10,13,16-17H2,1H3,(H,34,38)(H2,33,35,37). The fourth-order valence-electron chi connectivity index (χ4n) is 5.15. The molecule has 0 aliphatic carbocycles. The highest BCUT2D eigenvalue weighted by atomic mass is 19.1. The molecule has 9 heteroatoms. The van der Waals surface area contributed by atoms with Gasteiger partial charge in [0, 0.05) is 47.5 Å². The number of amides is 1. The van der Waals surface area contributed by atoms with Crippen molar-refractivity contribution in [2.45, 2.75) is 19.3 Å². The number of nitrogens with one attached hydrogen (secondary N) is 1. The fourth-order valence-corrected chi connectivity index (χ4v) is 5.15. The molecule has 1 atom stereocenters. The maximum absolute atomic E-state index is 15.1. The monoisotopic (exact) mass is 537 g/mol. The van der Waals surface area contributed by atoms with Crippen molar-refractivity contribution in [3.63, 3.8) is 0 Å². The average molecular weight is 538 g/mol. The molecule has 6 rings (SSSR count). The molecule has 2 aliphatic heterocycles. The van der Waals surface area contributed by atoms with Gasteiger partial charge in [-0.2, -0.15) is 0 Å². The Kier molecular flexibility index (Phi) is 6.86. The summed E-state index contributed by atoms with van der Waals surface area (Å²) < 4.78 is 26.3. The number of nitrogens with two attached hydrogens (primary N) is 1. The van der Waals surface area contributed by atoms with E-state index in [1.807, 2.05) is 42.5 Å². The third-order valence-electron chi connectivity index (χ3n) is 7.32. The summed E-state index contributed by atoms with van der Waals surface area (Å²) in [4.78, 5) is 25.8. The van der Waals surface area contributed by atoms with Gasteiger partial charge in [0.15, 0.2) is 0 Å². The minimum atomic E-state index is -0.325. The second-order valence-corrected chi connectivity index (χ2v) is 9.92. The number of carbonyl (C=O) groups excluding carboxylic acids is 1. The number of benzene rings is 3. The van der Waals surface area contributed by atoms with Crippen LogP contribution in [0, 0.1) is 11.7 Å². The molecule has 1 aromatic heterocycles. The zero-order valence-electron chi connectivity index (χ0n) is 22.0. The smallest absolute Gasteiger partial charge is 0.251 e. The zero-order valence-corrected chi connectivity index (χ0v) is 22.0. The number of nitrogen functional groups attached to an aromatic ring is 1. The van der Waals surface area contributed by atoms with Crippen LogP contribution in [0.25, 0.3) is 11.3 Å². The van der Waals surface area contributed by atoms with Gasteiger partial charge >= 0.3 is 0 Å². The lowest BCUT2D eigenvalue weighted by Crippen LogP contribution is -2.29. The van der Waals surface area contributed by atoms with Crippen molar-refractivity contribution in [2.24, 2.45) is 10.9 Å². The van der Waals surface area contributed by atoms with E-state index in [1.54, 1.807) is 25.4 Å². The number of ether oxygens (including phenoxy) is 2. The summed E-state index contributed by atoms with van der Waals surface area (Å²) in [6, 6.07) is 18.3. The molecule has 3 aromatic carbocycles. The van der Waals surface area contributed by atoms with Crippen LogP contribution >= 0.6 is 0 Å². The van der Waals surface area contributed by atoms with Crippen molar-refractivity contribution in [3.05, 3.63) is 94.9 Å². The molecule has 1 unspecified atom stereocenters. The second kappa shape index (κ2) is 10.8. The number of nitrogens with zero attached hydrogens (tertiary/aromatic N) is 3. The van der Waals surface area contributed by atoms with Crippen LogP contribution in [0.15, 0.2) is 71.9 Å². The number of hydrogen-bond acceptors (Lipinski definition) is 7. The van der Waals surface area contributed by atoms with Crippen molar-refractivity contribution in [1.29, 1.82) is 0 Å². The molecule has 8 nitrogen and oxygen atoms in total. The molecule has 40 heavy (non-hydrogen) atoms. The first kappa shape index (κ1) is 25.5. The highest BCUT2D eigenvalue weighted by Gasteiger charge is 2.30. The van der Waals surface area contributed by atoms with Gasteiger partial charge in [0.1, 0.15) is 17.3 Å². The second-order valence-electron chi connectivity index (χ2n) is 9.92. The summed E-state index contributed by atoms with van der Waals surface area (Å²) in [6.45, 7) is 0.968. The van der Waals surface area contributed by atoms with Gasteiger partial charge in [-0.1, -0.05) is 12.1 Å². The SMILES string of the molecule is COc1ccc(CCNC(=O)c2ccc3c(c2)CC(C2=Nc4cc(-c5ccnc(N)n5)cc(F)c4C2)CO3)cc1. The number of halogens is 1. The number of anilines is 1. The molecule has 0 saturated carbocycles. The van der Waals surface area contributed by atoms with Crippen LogP contribution in [0.5, 0.6) is 11.5 Å². The van der Waals surface area contributed by atoms with E-state index in [0.717, 1.165) is 34.8 Å². The Morgan fingerprint density at radius 3 is 2.80 bits per heavy atom. The van der Waals surface area contributed by atoms with E-state index in [9.17, 15) is 4.79 Å². The lowest BCUT2D eigenvalue weighted by atomic mass is 9.89. The Morgan fingerprint density at radius 2 is 2.00 bits per heavy atom. The van der Waals surface area contributed by atoms with Crippen molar-refractivity contribution in [2.75, 3.05) is 26.0 Å². The molecule has 202 valence electrons. The summed E-state index contributed by atoms with van der Waals surface area (Å²) in [5.74, 6) is 1.21. The summed E-state index contributed by atoms with van der Waals surface area (Å²) in [7, 11) is 1.63. The Morgan fingerprint density at radius 1 is 1.15 bits per heavy atom. The Bertz CT molecular complexity index is 1620. The summed E-state index contributed by atoms with van der Waals surface area (Å²) in [5.41, 5.74) is 11.5. The summed E-state index contributed by atoms with van der Waals surface area (Å²) >= 11 is 0. The Labute approximate surface area is 231 Å².